The lowest BCUT2D eigenvalue weighted by atomic mass is 10.0. The van der Waals surface area contributed by atoms with Gasteiger partial charge in [-0.2, -0.15) is 0 Å². The fourth-order valence-corrected chi connectivity index (χ4v) is 2.56. The van der Waals surface area contributed by atoms with Crippen molar-refractivity contribution >= 4 is 15.9 Å². The normalized spacial score (nSPS) is 12.2. The molecule has 0 aliphatic heterocycles. The summed E-state index contributed by atoms with van der Waals surface area (Å²) in [5.74, 6) is 0.452. The molecule has 0 amide bonds. The molecule has 20 heavy (non-hydrogen) atoms. The van der Waals surface area contributed by atoms with Gasteiger partial charge in [-0.1, -0.05) is 24.3 Å². The van der Waals surface area contributed by atoms with Gasteiger partial charge >= 0.3 is 0 Å². The van der Waals surface area contributed by atoms with Crippen LogP contribution in [0.3, 0.4) is 0 Å². The number of ether oxygens (including phenoxy) is 1. The lowest BCUT2D eigenvalue weighted by Gasteiger charge is -2.13. The maximum atomic E-state index is 13.4. The van der Waals surface area contributed by atoms with Gasteiger partial charge < -0.3 is 9.84 Å². The molecule has 4 heteroatoms. The number of hydrogen-bond acceptors (Lipinski definition) is 2. The van der Waals surface area contributed by atoms with E-state index in [-0.39, 0.29) is 5.82 Å². The molecular weight excluding hydrogens is 323 g/mol. The Morgan fingerprint density at radius 3 is 2.55 bits per heavy atom. The number of aliphatic hydroxyl groups is 1. The highest BCUT2D eigenvalue weighted by Crippen LogP contribution is 2.28. The van der Waals surface area contributed by atoms with Crippen LogP contribution in [0.5, 0.6) is 5.75 Å². The maximum absolute atomic E-state index is 13.4. The fourth-order valence-electron chi connectivity index (χ4n) is 2.03. The van der Waals surface area contributed by atoms with E-state index in [1.54, 1.807) is 19.2 Å². The predicted molar refractivity (Wildman–Crippen MR) is 80.4 cm³/mol. The maximum Gasteiger partial charge on any atom is 0.137 e. The van der Waals surface area contributed by atoms with Crippen LogP contribution in [0.4, 0.5) is 4.39 Å². The molecule has 0 fully saturated rings. The third-order valence-electron chi connectivity index (χ3n) is 3.21. The molecule has 2 aromatic rings. The molecule has 1 N–H and O–H groups in total. The number of rotatable bonds is 5. The molecular formula is C16H16BrFO2. The molecule has 0 bridgehead atoms. The molecule has 0 aromatic heterocycles. The minimum absolute atomic E-state index is 0.335. The molecule has 2 aromatic carbocycles. The quantitative estimate of drug-likeness (QED) is 0.882. The molecule has 1 atom stereocenters. The Labute approximate surface area is 126 Å². The number of halogens is 2. The monoisotopic (exact) mass is 338 g/mol. The highest BCUT2D eigenvalue weighted by atomic mass is 79.9. The van der Waals surface area contributed by atoms with Crippen molar-refractivity contribution in [2.75, 3.05) is 7.11 Å². The van der Waals surface area contributed by atoms with Gasteiger partial charge in [-0.25, -0.2) is 4.39 Å². The first-order valence-electron chi connectivity index (χ1n) is 6.36. The number of aliphatic hydroxyl groups excluding tert-OH is 1. The summed E-state index contributed by atoms with van der Waals surface area (Å²) in [5, 5.41) is 10.2. The van der Waals surface area contributed by atoms with Crippen LogP contribution >= 0.6 is 15.9 Å². The van der Waals surface area contributed by atoms with E-state index in [1.165, 1.54) is 6.07 Å². The SMILES string of the molecule is COc1ccc(CCC(O)c2cccc(F)c2Br)cc1. The third-order valence-corrected chi connectivity index (χ3v) is 4.04. The van der Waals surface area contributed by atoms with Crippen LogP contribution in [0.1, 0.15) is 23.7 Å². The third kappa shape index (κ3) is 3.58. The highest BCUT2D eigenvalue weighted by Gasteiger charge is 2.13. The standard InChI is InChI=1S/C16H16BrFO2/c1-20-12-8-5-11(6-9-12)7-10-15(19)13-3-2-4-14(18)16(13)17/h2-6,8-9,15,19H,7,10H2,1H3. The molecule has 0 spiro atoms. The molecule has 0 aliphatic rings. The molecule has 1 unspecified atom stereocenters. The van der Waals surface area contributed by atoms with Crippen LogP contribution in [0.25, 0.3) is 0 Å². The molecule has 0 saturated heterocycles. The Morgan fingerprint density at radius 1 is 1.20 bits per heavy atom. The molecule has 0 aliphatic carbocycles. The second-order valence-corrected chi connectivity index (χ2v) is 5.34. The Balaban J connectivity index is 2.00. The van der Waals surface area contributed by atoms with Gasteiger partial charge in [-0.3, -0.25) is 0 Å². The van der Waals surface area contributed by atoms with Crippen molar-refractivity contribution < 1.29 is 14.2 Å². The van der Waals surface area contributed by atoms with E-state index in [0.717, 1.165) is 11.3 Å². The van der Waals surface area contributed by atoms with Crippen molar-refractivity contribution in [2.24, 2.45) is 0 Å². The lowest BCUT2D eigenvalue weighted by Crippen LogP contribution is -2.01. The number of methoxy groups -OCH3 is 1. The number of benzene rings is 2. The summed E-state index contributed by atoms with van der Waals surface area (Å²) in [6, 6.07) is 12.4. The van der Waals surface area contributed by atoms with Crippen molar-refractivity contribution in [3.05, 3.63) is 63.9 Å². The fraction of sp³-hybridized carbons (Fsp3) is 0.250. The van der Waals surface area contributed by atoms with Crippen LogP contribution < -0.4 is 4.74 Å². The van der Waals surface area contributed by atoms with Gasteiger partial charge in [0.15, 0.2) is 0 Å². The molecule has 2 nitrogen and oxygen atoms in total. The van der Waals surface area contributed by atoms with Crippen molar-refractivity contribution in [1.29, 1.82) is 0 Å². The summed E-state index contributed by atoms with van der Waals surface area (Å²) in [6.07, 6.45) is 0.560. The summed E-state index contributed by atoms with van der Waals surface area (Å²) < 4.78 is 18.8. The summed E-state index contributed by atoms with van der Waals surface area (Å²) in [7, 11) is 1.63. The molecule has 106 valence electrons. The molecule has 0 radical (unpaired) electrons. The van der Waals surface area contributed by atoms with Crippen LogP contribution in [0, 0.1) is 5.82 Å². The van der Waals surface area contributed by atoms with E-state index >= 15 is 0 Å². The first-order valence-corrected chi connectivity index (χ1v) is 7.16. The van der Waals surface area contributed by atoms with Gasteiger partial charge in [-0.05, 0) is 58.1 Å². The van der Waals surface area contributed by atoms with Gasteiger partial charge in [0.05, 0.1) is 17.7 Å². The Morgan fingerprint density at radius 2 is 1.90 bits per heavy atom. The summed E-state index contributed by atoms with van der Waals surface area (Å²) >= 11 is 3.17. The minimum Gasteiger partial charge on any atom is -0.497 e. The largest absolute Gasteiger partial charge is 0.497 e. The van der Waals surface area contributed by atoms with E-state index < -0.39 is 6.10 Å². The van der Waals surface area contributed by atoms with Gasteiger partial charge in [-0.15, -0.1) is 0 Å². The van der Waals surface area contributed by atoms with Gasteiger partial charge in [0.2, 0.25) is 0 Å². The highest BCUT2D eigenvalue weighted by molar-refractivity contribution is 9.10. The van der Waals surface area contributed by atoms with E-state index in [9.17, 15) is 9.50 Å². The van der Waals surface area contributed by atoms with Gasteiger partial charge in [0.25, 0.3) is 0 Å². The average molecular weight is 339 g/mol. The van der Waals surface area contributed by atoms with Crippen molar-refractivity contribution in [3.63, 3.8) is 0 Å². The zero-order valence-corrected chi connectivity index (χ0v) is 12.7. The lowest BCUT2D eigenvalue weighted by molar-refractivity contribution is 0.166. The van der Waals surface area contributed by atoms with Crippen molar-refractivity contribution in [3.8, 4) is 5.75 Å². The van der Waals surface area contributed by atoms with E-state index in [1.807, 2.05) is 24.3 Å². The number of aryl methyl sites for hydroxylation is 1. The van der Waals surface area contributed by atoms with Gasteiger partial charge in [0.1, 0.15) is 11.6 Å². The van der Waals surface area contributed by atoms with Crippen LogP contribution in [-0.4, -0.2) is 12.2 Å². The summed E-state index contributed by atoms with van der Waals surface area (Å²) in [6.45, 7) is 0. The second kappa shape index (κ2) is 6.86. The summed E-state index contributed by atoms with van der Waals surface area (Å²) in [4.78, 5) is 0. The van der Waals surface area contributed by atoms with Crippen molar-refractivity contribution in [2.45, 2.75) is 18.9 Å². The van der Waals surface area contributed by atoms with Crippen LogP contribution in [0.2, 0.25) is 0 Å². The first kappa shape index (κ1) is 15.0. The van der Waals surface area contributed by atoms with Crippen LogP contribution in [-0.2, 0) is 6.42 Å². The average Bonchev–Trinajstić information content (AvgIpc) is 2.48. The molecule has 2 rings (SSSR count). The zero-order chi connectivity index (χ0) is 14.5. The topological polar surface area (TPSA) is 29.5 Å². The Hall–Kier alpha value is -1.39. The second-order valence-electron chi connectivity index (χ2n) is 4.55. The molecule has 0 heterocycles. The zero-order valence-electron chi connectivity index (χ0n) is 11.1. The predicted octanol–water partition coefficient (Wildman–Crippen LogP) is 4.26. The Kier molecular flexibility index (Phi) is 5.15. The first-order chi connectivity index (χ1) is 9.61. The summed E-state index contributed by atoms with van der Waals surface area (Å²) in [5.41, 5.74) is 1.69. The smallest absolute Gasteiger partial charge is 0.137 e. The van der Waals surface area contributed by atoms with E-state index in [0.29, 0.717) is 22.9 Å². The Bertz CT molecular complexity index is 569. The van der Waals surface area contributed by atoms with Crippen LogP contribution in [0.15, 0.2) is 46.9 Å². The number of hydrogen-bond donors (Lipinski definition) is 1. The van der Waals surface area contributed by atoms with E-state index in [4.69, 9.17) is 4.74 Å². The minimum atomic E-state index is -0.692. The van der Waals surface area contributed by atoms with Crippen molar-refractivity contribution in [1.82, 2.24) is 0 Å². The van der Waals surface area contributed by atoms with Gasteiger partial charge in [0, 0.05) is 0 Å². The van der Waals surface area contributed by atoms with E-state index in [2.05, 4.69) is 15.9 Å². The molecule has 0 saturated carbocycles.